The van der Waals surface area contributed by atoms with Gasteiger partial charge in [0.25, 0.3) is 5.56 Å². The average Bonchev–Trinajstić information content (AvgIpc) is 3.08. The van der Waals surface area contributed by atoms with Gasteiger partial charge in [0.15, 0.2) is 12.3 Å². The minimum Gasteiger partial charge on any atom is -0.463 e. The molecule has 0 unspecified atom stereocenters. The Morgan fingerprint density at radius 3 is 2.74 bits per heavy atom. The molecule has 1 aliphatic carbocycles. The summed E-state index contributed by atoms with van der Waals surface area (Å²) in [4.78, 5) is 47.6. The van der Waals surface area contributed by atoms with Crippen LogP contribution in [-0.2, 0) is 23.8 Å². The number of nitrogens with one attached hydrogen (secondary N) is 1. The van der Waals surface area contributed by atoms with E-state index >= 15 is 0 Å². The minimum atomic E-state index is -0.877. The van der Waals surface area contributed by atoms with Crippen molar-refractivity contribution in [2.45, 2.75) is 38.2 Å². The van der Waals surface area contributed by atoms with Crippen LogP contribution in [0, 0.1) is 5.92 Å². The molecule has 124 valence electrons. The molecule has 0 amide bonds. The second-order valence-electron chi connectivity index (χ2n) is 5.76. The first-order chi connectivity index (χ1) is 10.8. The van der Waals surface area contributed by atoms with Gasteiger partial charge >= 0.3 is 17.6 Å². The van der Waals surface area contributed by atoms with Crippen LogP contribution in [0.4, 0.5) is 0 Å². The number of fused-ring (bicyclic) bond motifs is 1. The number of esters is 2. The number of nitrogens with zero attached hydrogens (tertiary/aromatic N) is 1. The number of carbonyl (C=O) groups excluding carboxylic acids is 2. The van der Waals surface area contributed by atoms with Gasteiger partial charge in [-0.3, -0.25) is 23.9 Å². The molecule has 2 aliphatic rings. The number of ether oxygens (including phenoxy) is 3. The molecule has 1 aromatic heterocycles. The highest BCUT2D eigenvalue weighted by Gasteiger charge is 2.70. The van der Waals surface area contributed by atoms with E-state index in [0.29, 0.717) is 6.42 Å². The summed E-state index contributed by atoms with van der Waals surface area (Å²) in [5.74, 6) is -1.12. The Kier molecular flexibility index (Phi) is 3.59. The maximum Gasteiger partial charge on any atom is 0.330 e. The number of aromatic nitrogens is 2. The topological polar surface area (TPSA) is 117 Å². The molecule has 2 fully saturated rings. The van der Waals surface area contributed by atoms with Crippen LogP contribution in [0.2, 0.25) is 0 Å². The summed E-state index contributed by atoms with van der Waals surface area (Å²) < 4.78 is 17.3. The van der Waals surface area contributed by atoms with E-state index in [4.69, 9.17) is 14.2 Å². The molecule has 0 aromatic carbocycles. The van der Waals surface area contributed by atoms with E-state index in [1.165, 1.54) is 26.1 Å². The van der Waals surface area contributed by atoms with E-state index in [0.717, 1.165) is 4.57 Å². The lowest BCUT2D eigenvalue weighted by molar-refractivity contribution is -0.160. The number of rotatable bonds is 4. The SMILES string of the molecule is CC(=O)OC[C@]12C[C@H]1[C@@H](OC(C)=O)[C@H](n1ccc(=O)[nH]c1=O)O2. The number of aromatic amines is 1. The van der Waals surface area contributed by atoms with Crippen LogP contribution in [0.25, 0.3) is 0 Å². The summed E-state index contributed by atoms with van der Waals surface area (Å²) in [5, 5.41) is 0. The Morgan fingerprint density at radius 2 is 2.13 bits per heavy atom. The minimum absolute atomic E-state index is 0.0272. The van der Waals surface area contributed by atoms with Gasteiger partial charge in [-0.2, -0.15) is 0 Å². The first-order valence-corrected chi connectivity index (χ1v) is 7.12. The van der Waals surface area contributed by atoms with E-state index < -0.39 is 41.1 Å². The van der Waals surface area contributed by atoms with Crippen LogP contribution in [0.1, 0.15) is 26.5 Å². The van der Waals surface area contributed by atoms with Crippen LogP contribution in [-0.4, -0.2) is 39.8 Å². The van der Waals surface area contributed by atoms with Crippen molar-refractivity contribution in [3.8, 4) is 0 Å². The summed E-state index contributed by atoms with van der Waals surface area (Å²) in [6, 6.07) is 1.18. The molecule has 1 saturated heterocycles. The summed E-state index contributed by atoms with van der Waals surface area (Å²) in [6.45, 7) is 2.58. The van der Waals surface area contributed by atoms with Crippen molar-refractivity contribution in [2.24, 2.45) is 5.92 Å². The van der Waals surface area contributed by atoms with Crippen molar-refractivity contribution in [3.05, 3.63) is 33.1 Å². The summed E-state index contributed by atoms with van der Waals surface area (Å²) in [7, 11) is 0. The highest BCUT2D eigenvalue weighted by molar-refractivity contribution is 5.66. The molecule has 9 heteroatoms. The standard InChI is InChI=1S/C14H16N2O7/c1-7(17)21-6-14-5-9(14)11(22-8(2)18)12(23-14)16-4-3-10(19)15-13(16)20/h3-4,9,11-12H,5-6H2,1-2H3,(H,15,19,20)/t9-,11+,12+,14+/m0/s1. The highest BCUT2D eigenvalue weighted by Crippen LogP contribution is 2.60. The van der Waals surface area contributed by atoms with Crippen molar-refractivity contribution < 1.29 is 23.8 Å². The van der Waals surface area contributed by atoms with E-state index in [1.807, 2.05) is 0 Å². The summed E-state index contributed by atoms with van der Waals surface area (Å²) in [6.07, 6.45) is 0.281. The maximum atomic E-state index is 12.0. The Bertz CT molecular complexity index is 767. The molecule has 3 rings (SSSR count). The van der Waals surface area contributed by atoms with Gasteiger partial charge in [0.1, 0.15) is 12.2 Å². The normalized spacial score (nSPS) is 31.3. The van der Waals surface area contributed by atoms with Gasteiger partial charge in [0, 0.05) is 32.0 Å². The largest absolute Gasteiger partial charge is 0.463 e. The molecule has 0 bridgehead atoms. The quantitative estimate of drug-likeness (QED) is 0.729. The third-order valence-electron chi connectivity index (χ3n) is 4.06. The number of hydrogen-bond acceptors (Lipinski definition) is 7. The van der Waals surface area contributed by atoms with Crippen LogP contribution in [0.15, 0.2) is 21.9 Å². The molecule has 23 heavy (non-hydrogen) atoms. The Labute approximate surface area is 130 Å². The van der Waals surface area contributed by atoms with Crippen LogP contribution in [0.5, 0.6) is 0 Å². The number of H-pyrrole nitrogens is 1. The number of carbonyl (C=O) groups is 2. The fourth-order valence-corrected chi connectivity index (χ4v) is 2.97. The molecule has 0 radical (unpaired) electrons. The van der Waals surface area contributed by atoms with Crippen molar-refractivity contribution in [1.82, 2.24) is 9.55 Å². The molecule has 2 heterocycles. The highest BCUT2D eigenvalue weighted by atomic mass is 16.6. The van der Waals surface area contributed by atoms with Gasteiger partial charge < -0.3 is 14.2 Å². The third kappa shape index (κ3) is 2.79. The average molecular weight is 324 g/mol. The fraction of sp³-hybridized carbons (Fsp3) is 0.571. The van der Waals surface area contributed by atoms with Crippen molar-refractivity contribution >= 4 is 11.9 Å². The molecular formula is C14H16N2O7. The van der Waals surface area contributed by atoms with E-state index in [9.17, 15) is 19.2 Å². The number of hydrogen-bond donors (Lipinski definition) is 1. The zero-order valence-electron chi connectivity index (χ0n) is 12.6. The lowest BCUT2D eigenvalue weighted by atomic mass is 10.2. The second kappa shape index (κ2) is 5.34. The zero-order chi connectivity index (χ0) is 16.8. The van der Waals surface area contributed by atoms with E-state index in [-0.39, 0.29) is 12.5 Å². The van der Waals surface area contributed by atoms with Crippen molar-refractivity contribution in [3.63, 3.8) is 0 Å². The Morgan fingerprint density at radius 1 is 1.39 bits per heavy atom. The van der Waals surface area contributed by atoms with Gasteiger partial charge in [-0.05, 0) is 6.42 Å². The van der Waals surface area contributed by atoms with Gasteiger partial charge in [-0.1, -0.05) is 0 Å². The molecule has 0 spiro atoms. The monoisotopic (exact) mass is 324 g/mol. The van der Waals surface area contributed by atoms with Gasteiger partial charge in [0.2, 0.25) is 0 Å². The van der Waals surface area contributed by atoms with Gasteiger partial charge in [-0.25, -0.2) is 4.79 Å². The zero-order valence-corrected chi connectivity index (χ0v) is 12.6. The van der Waals surface area contributed by atoms with Crippen molar-refractivity contribution in [2.75, 3.05) is 6.61 Å². The predicted molar refractivity (Wildman–Crippen MR) is 74.5 cm³/mol. The van der Waals surface area contributed by atoms with Crippen LogP contribution < -0.4 is 11.2 Å². The van der Waals surface area contributed by atoms with Crippen LogP contribution in [0.3, 0.4) is 0 Å². The second-order valence-corrected chi connectivity index (χ2v) is 5.76. The molecule has 1 aliphatic heterocycles. The third-order valence-corrected chi connectivity index (χ3v) is 4.06. The lowest BCUT2D eigenvalue weighted by Gasteiger charge is -2.24. The first kappa shape index (κ1) is 15.5. The van der Waals surface area contributed by atoms with Crippen LogP contribution >= 0.6 is 0 Å². The fourth-order valence-electron chi connectivity index (χ4n) is 2.97. The Balaban J connectivity index is 1.89. The van der Waals surface area contributed by atoms with Gasteiger partial charge in [-0.15, -0.1) is 0 Å². The van der Waals surface area contributed by atoms with Gasteiger partial charge in [0.05, 0.1) is 0 Å². The molecule has 1 saturated carbocycles. The lowest BCUT2D eigenvalue weighted by Crippen LogP contribution is -2.38. The summed E-state index contributed by atoms with van der Waals surface area (Å²) >= 11 is 0. The molecule has 1 N–H and O–H groups in total. The van der Waals surface area contributed by atoms with E-state index in [2.05, 4.69) is 4.98 Å². The molecule has 9 nitrogen and oxygen atoms in total. The smallest absolute Gasteiger partial charge is 0.330 e. The molecular weight excluding hydrogens is 308 g/mol. The predicted octanol–water partition coefficient (Wildman–Crippen LogP) is -0.681. The summed E-state index contributed by atoms with van der Waals surface area (Å²) in [5.41, 5.74) is -1.96. The maximum absolute atomic E-state index is 12.0. The van der Waals surface area contributed by atoms with Crippen molar-refractivity contribution in [1.29, 1.82) is 0 Å². The molecule has 1 aromatic rings. The van der Waals surface area contributed by atoms with E-state index in [1.54, 1.807) is 0 Å². The first-order valence-electron chi connectivity index (χ1n) is 7.12. The Hall–Kier alpha value is -2.42. The molecule has 4 atom stereocenters.